The number of H-pyrrole nitrogens is 1. The van der Waals surface area contributed by atoms with E-state index in [1.54, 1.807) is 12.1 Å². The summed E-state index contributed by atoms with van der Waals surface area (Å²) in [6.45, 7) is 1.53. The van der Waals surface area contributed by atoms with Crippen molar-refractivity contribution < 1.29 is 4.79 Å². The van der Waals surface area contributed by atoms with Gasteiger partial charge >= 0.3 is 0 Å². The summed E-state index contributed by atoms with van der Waals surface area (Å²) >= 11 is 0. The summed E-state index contributed by atoms with van der Waals surface area (Å²) in [5.74, 6) is 0.839. The van der Waals surface area contributed by atoms with Crippen LogP contribution in [0.3, 0.4) is 0 Å². The summed E-state index contributed by atoms with van der Waals surface area (Å²) in [7, 11) is 0. The molecule has 1 aromatic heterocycles. The first-order valence-electron chi connectivity index (χ1n) is 9.45. The van der Waals surface area contributed by atoms with Crippen molar-refractivity contribution in [1.29, 1.82) is 0 Å². The van der Waals surface area contributed by atoms with Crippen LogP contribution >= 0.6 is 0 Å². The Hall–Kier alpha value is -3.41. The zero-order valence-electron chi connectivity index (χ0n) is 15.5. The number of fused-ring (bicyclic) bond motifs is 1. The minimum absolute atomic E-state index is 0.0748. The van der Waals surface area contributed by atoms with Gasteiger partial charge in [0.1, 0.15) is 0 Å². The third kappa shape index (κ3) is 3.81. The Bertz CT molecular complexity index is 1060. The van der Waals surface area contributed by atoms with Crippen molar-refractivity contribution in [2.45, 2.75) is 18.9 Å². The van der Waals surface area contributed by atoms with Crippen LogP contribution in [0.4, 0.5) is 5.82 Å². The molecule has 6 heteroatoms. The molecule has 0 fully saturated rings. The Labute approximate surface area is 162 Å². The monoisotopic (exact) mass is 374 g/mol. The molecule has 6 nitrogen and oxygen atoms in total. The van der Waals surface area contributed by atoms with Gasteiger partial charge in [0.05, 0.1) is 11.4 Å². The Morgan fingerprint density at radius 1 is 1.04 bits per heavy atom. The van der Waals surface area contributed by atoms with Crippen LogP contribution in [0, 0.1) is 0 Å². The molecule has 0 saturated carbocycles. The van der Waals surface area contributed by atoms with Crippen LogP contribution < -0.4 is 10.9 Å². The highest BCUT2D eigenvalue weighted by atomic mass is 16.1. The maximum atomic E-state index is 11.9. The number of hydrogen-bond donors (Lipinski definition) is 2. The number of benzene rings is 2. The molecule has 28 heavy (non-hydrogen) atoms. The first-order valence-corrected chi connectivity index (χ1v) is 9.45. The molecule has 1 aliphatic rings. The number of nitrogens with zero attached hydrogens (tertiary/aromatic N) is 2. The molecule has 1 unspecified atom stereocenters. The number of anilines is 1. The van der Waals surface area contributed by atoms with E-state index in [4.69, 9.17) is 0 Å². The van der Waals surface area contributed by atoms with Crippen LogP contribution in [0.2, 0.25) is 0 Å². The van der Waals surface area contributed by atoms with Crippen LogP contribution in [0.25, 0.3) is 10.8 Å². The highest BCUT2D eigenvalue weighted by Crippen LogP contribution is 2.28. The van der Waals surface area contributed by atoms with Crippen LogP contribution in [0.5, 0.6) is 0 Å². The molecular formula is C22H22N4O2. The van der Waals surface area contributed by atoms with E-state index in [0.717, 1.165) is 23.9 Å². The normalized spacial score (nSPS) is 16.5. The van der Waals surface area contributed by atoms with Crippen LogP contribution in [0.1, 0.15) is 24.4 Å². The highest BCUT2D eigenvalue weighted by Gasteiger charge is 2.23. The molecule has 2 aromatic carbocycles. The average molecular weight is 374 g/mol. The first kappa shape index (κ1) is 18.0. The van der Waals surface area contributed by atoms with E-state index in [1.165, 1.54) is 0 Å². The van der Waals surface area contributed by atoms with E-state index in [1.807, 2.05) is 42.6 Å². The molecule has 4 rings (SSSR count). The molecule has 0 saturated heterocycles. The topological polar surface area (TPSA) is 78.1 Å². The quantitative estimate of drug-likeness (QED) is 0.648. The van der Waals surface area contributed by atoms with E-state index in [-0.39, 0.29) is 17.4 Å². The number of hydrogen-bond acceptors (Lipinski definition) is 5. The summed E-state index contributed by atoms with van der Waals surface area (Å²) in [6.07, 6.45) is 4.93. The maximum absolute atomic E-state index is 11.9. The van der Waals surface area contributed by atoms with Crippen molar-refractivity contribution in [2.75, 3.05) is 18.4 Å². The fraction of sp³-hybridized carbons (Fsp3) is 0.227. The van der Waals surface area contributed by atoms with Crippen LogP contribution in [-0.2, 0) is 4.79 Å². The lowest BCUT2D eigenvalue weighted by Gasteiger charge is -2.33. The number of aromatic amines is 1. The van der Waals surface area contributed by atoms with Crippen LogP contribution in [-0.4, -0.2) is 34.0 Å². The van der Waals surface area contributed by atoms with Gasteiger partial charge in [-0.1, -0.05) is 48.5 Å². The second-order valence-electron chi connectivity index (χ2n) is 6.88. The number of rotatable bonds is 6. The predicted molar refractivity (Wildman–Crippen MR) is 110 cm³/mol. The SMILES string of the molecule is O=C1C=CN(CCCNc2n[nH]c(=O)c3ccccc23)C(c2ccccc2)C1. The van der Waals surface area contributed by atoms with E-state index in [9.17, 15) is 9.59 Å². The Balaban J connectivity index is 1.41. The summed E-state index contributed by atoms with van der Waals surface area (Å²) in [5.41, 5.74) is 0.969. The number of allylic oxidation sites excluding steroid dienone is 1. The van der Waals surface area contributed by atoms with Crippen molar-refractivity contribution in [1.82, 2.24) is 15.1 Å². The minimum Gasteiger partial charge on any atom is -0.370 e. The van der Waals surface area contributed by atoms with E-state index >= 15 is 0 Å². The lowest BCUT2D eigenvalue weighted by Crippen LogP contribution is -2.30. The van der Waals surface area contributed by atoms with E-state index in [0.29, 0.717) is 24.2 Å². The number of ketones is 1. The smallest absolute Gasteiger partial charge is 0.272 e. The second-order valence-corrected chi connectivity index (χ2v) is 6.88. The second kappa shape index (κ2) is 8.08. The molecular weight excluding hydrogens is 352 g/mol. The third-order valence-corrected chi connectivity index (χ3v) is 5.01. The summed E-state index contributed by atoms with van der Waals surface area (Å²) in [4.78, 5) is 26.0. The largest absolute Gasteiger partial charge is 0.370 e. The van der Waals surface area contributed by atoms with Crippen molar-refractivity contribution in [3.8, 4) is 0 Å². The van der Waals surface area contributed by atoms with Gasteiger partial charge in [-0.3, -0.25) is 9.59 Å². The first-order chi connectivity index (χ1) is 13.7. The van der Waals surface area contributed by atoms with Gasteiger partial charge in [0.15, 0.2) is 11.6 Å². The molecule has 3 aromatic rings. The zero-order valence-corrected chi connectivity index (χ0v) is 15.5. The van der Waals surface area contributed by atoms with Crippen LogP contribution in [0.15, 0.2) is 71.7 Å². The molecule has 2 N–H and O–H groups in total. The van der Waals surface area contributed by atoms with Gasteiger partial charge in [0.2, 0.25) is 0 Å². The molecule has 0 radical (unpaired) electrons. The van der Waals surface area contributed by atoms with Gasteiger partial charge in [-0.15, -0.1) is 0 Å². The Kier molecular flexibility index (Phi) is 5.19. The minimum atomic E-state index is -0.185. The Morgan fingerprint density at radius 2 is 1.79 bits per heavy atom. The number of nitrogens with one attached hydrogen (secondary N) is 2. The molecule has 1 aliphatic heterocycles. The maximum Gasteiger partial charge on any atom is 0.272 e. The van der Waals surface area contributed by atoms with Crippen molar-refractivity contribution in [3.63, 3.8) is 0 Å². The van der Waals surface area contributed by atoms with Gasteiger partial charge in [0.25, 0.3) is 5.56 Å². The molecule has 0 bridgehead atoms. The fourth-order valence-electron chi connectivity index (χ4n) is 3.59. The molecule has 1 atom stereocenters. The van der Waals surface area contributed by atoms with Crippen molar-refractivity contribution >= 4 is 22.4 Å². The predicted octanol–water partition coefficient (Wildman–Crippen LogP) is 3.25. The summed E-state index contributed by atoms with van der Waals surface area (Å²) in [6, 6.07) is 17.6. The number of aromatic nitrogens is 2. The molecule has 0 aliphatic carbocycles. The van der Waals surface area contributed by atoms with Gasteiger partial charge in [0, 0.05) is 31.1 Å². The van der Waals surface area contributed by atoms with E-state index in [2.05, 4.69) is 32.5 Å². The van der Waals surface area contributed by atoms with Gasteiger partial charge in [-0.05, 0) is 24.1 Å². The molecule has 2 heterocycles. The molecule has 0 amide bonds. The summed E-state index contributed by atoms with van der Waals surface area (Å²) in [5, 5.41) is 11.4. The average Bonchev–Trinajstić information content (AvgIpc) is 2.74. The summed E-state index contributed by atoms with van der Waals surface area (Å²) < 4.78 is 0. The fourth-order valence-corrected chi connectivity index (χ4v) is 3.59. The van der Waals surface area contributed by atoms with E-state index < -0.39 is 0 Å². The number of carbonyl (C=O) groups is 1. The molecule has 0 spiro atoms. The van der Waals surface area contributed by atoms with Crippen molar-refractivity contribution in [2.24, 2.45) is 0 Å². The lowest BCUT2D eigenvalue weighted by molar-refractivity contribution is -0.116. The highest BCUT2D eigenvalue weighted by molar-refractivity contribution is 5.91. The number of carbonyl (C=O) groups excluding carboxylic acids is 1. The Morgan fingerprint density at radius 3 is 2.61 bits per heavy atom. The lowest BCUT2D eigenvalue weighted by atomic mass is 9.97. The van der Waals surface area contributed by atoms with Gasteiger partial charge < -0.3 is 10.2 Å². The van der Waals surface area contributed by atoms with Crippen molar-refractivity contribution in [3.05, 3.63) is 82.8 Å². The molecule has 142 valence electrons. The van der Waals surface area contributed by atoms with Gasteiger partial charge in [-0.2, -0.15) is 5.10 Å². The zero-order chi connectivity index (χ0) is 19.3. The standard InChI is InChI=1S/C22H22N4O2/c27-17-11-14-26(20(15-17)16-7-2-1-3-8-16)13-6-12-23-21-18-9-4-5-10-19(18)22(28)25-24-21/h1-5,7-11,14,20H,6,12-13,15H2,(H,23,24)(H,25,28). The third-order valence-electron chi connectivity index (χ3n) is 5.01. The van der Waals surface area contributed by atoms with Gasteiger partial charge in [-0.25, -0.2) is 5.10 Å².